The van der Waals surface area contributed by atoms with Crippen molar-refractivity contribution >= 4 is 38.2 Å². The minimum atomic E-state index is -2.17. The van der Waals surface area contributed by atoms with Crippen molar-refractivity contribution in [3.8, 4) is 0 Å². The summed E-state index contributed by atoms with van der Waals surface area (Å²) in [6.45, 7) is 1.95. The van der Waals surface area contributed by atoms with Crippen molar-refractivity contribution in [3.05, 3.63) is 0 Å². The molecule has 0 radical (unpaired) electrons. The quantitative estimate of drug-likeness (QED) is 0.524. The summed E-state index contributed by atoms with van der Waals surface area (Å²) in [5, 5.41) is 0. The van der Waals surface area contributed by atoms with Gasteiger partial charge in [0.25, 0.3) is 0 Å². The van der Waals surface area contributed by atoms with Gasteiger partial charge in [-0.15, -0.1) is 0 Å². The topological polar surface area (TPSA) is 49.7 Å². The first-order valence-corrected chi connectivity index (χ1v) is 5.16. The van der Waals surface area contributed by atoms with Crippen LogP contribution in [0.5, 0.6) is 0 Å². The summed E-state index contributed by atoms with van der Waals surface area (Å²) < 4.78 is 5.05. The normalized spacial score (nSPS) is 22.0. The molecule has 0 amide bonds. The molecule has 0 aromatic heterocycles. The van der Waals surface area contributed by atoms with E-state index in [0.29, 0.717) is 0 Å². The Morgan fingerprint density at radius 1 is 1.17 bits per heavy atom. The molecule has 1 aliphatic rings. The summed E-state index contributed by atoms with van der Waals surface area (Å²) in [7, 11) is -2.17. The van der Waals surface area contributed by atoms with Crippen LogP contribution >= 0.6 is 8.60 Å². The molecule has 1 aliphatic carbocycles. The Balaban J connectivity index is 0.00000121. The van der Waals surface area contributed by atoms with Crippen molar-refractivity contribution in [2.75, 3.05) is 0 Å². The predicted octanol–water partition coefficient (Wildman–Crippen LogP) is 1.29. The molecule has 0 heterocycles. The van der Waals surface area contributed by atoms with Gasteiger partial charge in [0.2, 0.25) is 0 Å². The van der Waals surface area contributed by atoms with Gasteiger partial charge in [0.1, 0.15) is 0 Å². The first-order chi connectivity index (χ1) is 5.12. The van der Waals surface area contributed by atoms with Gasteiger partial charge < -0.3 is 14.3 Å². The van der Waals surface area contributed by atoms with Gasteiger partial charge in [-0.1, -0.05) is 19.3 Å². The van der Waals surface area contributed by atoms with E-state index in [9.17, 15) is 0 Å². The number of rotatable bonds is 2. The average Bonchev–Trinajstić information content (AvgIpc) is 1.85. The zero-order valence-electron chi connectivity index (χ0n) is 6.79. The molecule has 3 nitrogen and oxygen atoms in total. The molecule has 0 saturated heterocycles. The van der Waals surface area contributed by atoms with E-state index in [1.807, 2.05) is 6.92 Å². The third-order valence-electron chi connectivity index (χ3n) is 2.21. The molecule has 1 rings (SSSR count). The number of hydrogen-bond donors (Lipinski definition) is 2. The van der Waals surface area contributed by atoms with Gasteiger partial charge >= 0.3 is 38.2 Å². The molecule has 0 spiro atoms. The van der Waals surface area contributed by atoms with Crippen molar-refractivity contribution < 1.29 is 14.3 Å². The van der Waals surface area contributed by atoms with Crippen molar-refractivity contribution in [2.45, 2.75) is 44.6 Å². The van der Waals surface area contributed by atoms with Crippen LogP contribution < -0.4 is 0 Å². The molecule has 1 fully saturated rings. The summed E-state index contributed by atoms with van der Waals surface area (Å²) >= 11 is 0. The first kappa shape index (κ1) is 13.3. The van der Waals surface area contributed by atoms with E-state index in [2.05, 4.69) is 0 Å². The summed E-state index contributed by atoms with van der Waals surface area (Å²) in [6, 6.07) is 0. The molecule has 0 aliphatic heterocycles. The fraction of sp³-hybridized carbons (Fsp3) is 1.00. The Bertz CT molecular complexity index is 126. The SMILES string of the molecule is CC1(OP(O)O)CCCCC1.[NaH]. The van der Waals surface area contributed by atoms with E-state index in [-0.39, 0.29) is 35.2 Å². The average molecular weight is 202 g/mol. The Morgan fingerprint density at radius 3 is 2.08 bits per heavy atom. The predicted molar refractivity (Wildman–Crippen MR) is 51.1 cm³/mol. The first-order valence-electron chi connectivity index (χ1n) is 3.99. The van der Waals surface area contributed by atoms with E-state index in [4.69, 9.17) is 14.3 Å². The third-order valence-corrected chi connectivity index (χ3v) is 2.82. The second-order valence-electron chi connectivity index (χ2n) is 3.35. The second kappa shape index (κ2) is 5.92. The molecule has 0 aromatic carbocycles. The molecular weight excluding hydrogens is 186 g/mol. The molecule has 0 unspecified atom stereocenters. The van der Waals surface area contributed by atoms with Gasteiger partial charge in [0, 0.05) is 0 Å². The van der Waals surface area contributed by atoms with E-state index in [1.165, 1.54) is 6.42 Å². The van der Waals surface area contributed by atoms with Crippen LogP contribution in [0, 0.1) is 0 Å². The zero-order valence-corrected chi connectivity index (χ0v) is 7.68. The molecule has 68 valence electrons. The van der Waals surface area contributed by atoms with Crippen LogP contribution in [0.2, 0.25) is 0 Å². The second-order valence-corrected chi connectivity index (χ2v) is 4.04. The van der Waals surface area contributed by atoms with Crippen LogP contribution in [0.15, 0.2) is 0 Å². The van der Waals surface area contributed by atoms with Crippen LogP contribution in [0.3, 0.4) is 0 Å². The van der Waals surface area contributed by atoms with Crippen LogP contribution in [0.4, 0.5) is 0 Å². The van der Waals surface area contributed by atoms with E-state index < -0.39 is 8.60 Å². The maximum atomic E-state index is 8.67. The van der Waals surface area contributed by atoms with Gasteiger partial charge in [-0.05, 0) is 19.8 Å². The van der Waals surface area contributed by atoms with Crippen LogP contribution in [0.25, 0.3) is 0 Å². The van der Waals surface area contributed by atoms with Gasteiger partial charge in [0.15, 0.2) is 0 Å². The number of hydrogen-bond acceptors (Lipinski definition) is 3. The molecule has 1 saturated carbocycles. The Kier molecular flexibility index (Phi) is 6.57. The zero-order chi connectivity index (χ0) is 8.32. The molecule has 12 heavy (non-hydrogen) atoms. The van der Waals surface area contributed by atoms with Crippen molar-refractivity contribution in [2.24, 2.45) is 0 Å². The van der Waals surface area contributed by atoms with Crippen molar-refractivity contribution in [1.29, 1.82) is 0 Å². The Morgan fingerprint density at radius 2 is 1.67 bits per heavy atom. The third kappa shape index (κ3) is 4.52. The fourth-order valence-corrected chi connectivity index (χ4v) is 2.16. The molecule has 0 aromatic rings. The fourth-order valence-electron chi connectivity index (χ4n) is 1.59. The van der Waals surface area contributed by atoms with Crippen LogP contribution in [-0.2, 0) is 4.52 Å². The summed E-state index contributed by atoms with van der Waals surface area (Å²) in [5.41, 5.74) is -0.270. The van der Waals surface area contributed by atoms with Gasteiger partial charge in [0.05, 0.1) is 5.60 Å². The van der Waals surface area contributed by atoms with E-state index >= 15 is 0 Å². The van der Waals surface area contributed by atoms with Crippen molar-refractivity contribution in [3.63, 3.8) is 0 Å². The summed E-state index contributed by atoms with van der Waals surface area (Å²) in [4.78, 5) is 17.3. The van der Waals surface area contributed by atoms with Crippen LogP contribution in [0.1, 0.15) is 39.0 Å². The molecule has 2 N–H and O–H groups in total. The van der Waals surface area contributed by atoms with Gasteiger partial charge in [-0.25, -0.2) is 0 Å². The molecule has 5 heteroatoms. The monoisotopic (exact) mass is 202 g/mol. The van der Waals surface area contributed by atoms with Crippen molar-refractivity contribution in [1.82, 2.24) is 0 Å². The standard InChI is InChI=1S/C7H15O3P.Na.H/c1-7(10-11(8)9)5-3-2-4-6-7;;/h8-9H,2-6H2,1H3;;. The minimum absolute atomic E-state index is 0. The summed E-state index contributed by atoms with van der Waals surface area (Å²) in [5.74, 6) is 0. The van der Waals surface area contributed by atoms with E-state index in [0.717, 1.165) is 25.7 Å². The Labute approximate surface area is 96.8 Å². The molecular formula is C7H16NaO3P. The van der Waals surface area contributed by atoms with Crippen LogP contribution in [-0.4, -0.2) is 44.9 Å². The molecule has 0 atom stereocenters. The van der Waals surface area contributed by atoms with Gasteiger partial charge in [-0.3, -0.25) is 0 Å². The summed E-state index contributed by atoms with van der Waals surface area (Å²) in [6.07, 6.45) is 5.42. The Hall–Kier alpha value is 1.31. The maximum absolute atomic E-state index is 8.67. The molecule has 0 bridgehead atoms. The van der Waals surface area contributed by atoms with Gasteiger partial charge in [-0.2, -0.15) is 0 Å². The van der Waals surface area contributed by atoms with E-state index in [1.54, 1.807) is 0 Å².